The number of rotatable bonds is 9. The summed E-state index contributed by atoms with van der Waals surface area (Å²) in [6, 6.07) is 3.22. The van der Waals surface area contributed by atoms with Crippen LogP contribution in [0.4, 0.5) is 11.8 Å². The minimum Gasteiger partial charge on any atom is -0.476 e. The maximum Gasteiger partial charge on any atom is 0.227 e. The van der Waals surface area contributed by atoms with E-state index >= 15 is 0 Å². The first-order valence-electron chi connectivity index (χ1n) is 11.3. The van der Waals surface area contributed by atoms with Crippen LogP contribution < -0.4 is 10.6 Å². The standard InChI is InChI=1S/C24H33N5O4/c1-14(2)33-23(21-8-6-11-32-21)26-9-7-10-29(5)24-27-20-13-18(16(4)31)17(15(3)30)12-19(20)22(25)28-24/h12-14,21H,6-11H2,1-5H3,(H2,25,27,28). The van der Waals surface area contributed by atoms with Crippen LogP contribution in [0.3, 0.4) is 0 Å². The van der Waals surface area contributed by atoms with Crippen LogP contribution in [-0.4, -0.2) is 66.4 Å². The first-order valence-corrected chi connectivity index (χ1v) is 11.3. The molecule has 1 aliphatic heterocycles. The number of aliphatic imine (C=N–C) groups is 1. The zero-order valence-corrected chi connectivity index (χ0v) is 20.1. The van der Waals surface area contributed by atoms with Crippen molar-refractivity contribution in [1.82, 2.24) is 9.97 Å². The van der Waals surface area contributed by atoms with Gasteiger partial charge in [-0.3, -0.25) is 14.6 Å². The summed E-state index contributed by atoms with van der Waals surface area (Å²) in [6.07, 6.45) is 2.71. The third kappa shape index (κ3) is 6.04. The quantitative estimate of drug-likeness (QED) is 0.264. The molecule has 9 heteroatoms. The number of nitrogens with two attached hydrogens (primary N) is 1. The van der Waals surface area contributed by atoms with Gasteiger partial charge in [0, 0.05) is 43.3 Å². The zero-order valence-electron chi connectivity index (χ0n) is 20.1. The molecule has 0 spiro atoms. The van der Waals surface area contributed by atoms with E-state index in [2.05, 4.69) is 15.0 Å². The Balaban J connectivity index is 1.74. The van der Waals surface area contributed by atoms with Crippen LogP contribution >= 0.6 is 0 Å². The Kier molecular flexibility index (Phi) is 7.97. The lowest BCUT2D eigenvalue weighted by atomic mass is 9.99. The third-order valence-corrected chi connectivity index (χ3v) is 5.43. The van der Waals surface area contributed by atoms with Gasteiger partial charge in [0.2, 0.25) is 11.8 Å². The van der Waals surface area contributed by atoms with Gasteiger partial charge in [-0.1, -0.05) is 0 Å². The maximum absolute atomic E-state index is 12.0. The highest BCUT2D eigenvalue weighted by Gasteiger charge is 2.24. The summed E-state index contributed by atoms with van der Waals surface area (Å²) >= 11 is 0. The summed E-state index contributed by atoms with van der Waals surface area (Å²) in [5, 5.41) is 0.555. The number of aromatic nitrogens is 2. The normalized spacial score (nSPS) is 16.4. The highest BCUT2D eigenvalue weighted by Crippen LogP contribution is 2.26. The van der Waals surface area contributed by atoms with Gasteiger partial charge in [-0.15, -0.1) is 0 Å². The molecule has 1 fully saturated rings. The number of hydrogen-bond acceptors (Lipinski definition) is 9. The fourth-order valence-electron chi connectivity index (χ4n) is 3.77. The predicted molar refractivity (Wildman–Crippen MR) is 129 cm³/mol. The molecule has 1 aromatic carbocycles. The fourth-order valence-corrected chi connectivity index (χ4v) is 3.77. The SMILES string of the molecule is CC(=O)c1cc2nc(N(C)CCCN=C(OC(C)C)C3CCCO3)nc(N)c2cc1C(C)=O. The van der Waals surface area contributed by atoms with E-state index in [0.717, 1.165) is 25.9 Å². The lowest BCUT2D eigenvalue weighted by Crippen LogP contribution is -2.26. The molecule has 2 aromatic rings. The summed E-state index contributed by atoms with van der Waals surface area (Å²) in [4.78, 5) is 39.5. The molecule has 0 aliphatic carbocycles. The molecular formula is C24H33N5O4. The first-order chi connectivity index (χ1) is 15.7. The van der Waals surface area contributed by atoms with Crippen molar-refractivity contribution in [3.05, 3.63) is 23.3 Å². The fraction of sp³-hybridized carbons (Fsp3) is 0.542. The molecule has 1 unspecified atom stereocenters. The molecule has 9 nitrogen and oxygen atoms in total. The number of nitrogen functional groups attached to an aromatic ring is 1. The minimum atomic E-state index is -0.202. The Morgan fingerprint density at radius 1 is 1.24 bits per heavy atom. The van der Waals surface area contributed by atoms with E-state index in [-0.39, 0.29) is 29.6 Å². The van der Waals surface area contributed by atoms with Gasteiger partial charge in [-0.2, -0.15) is 4.98 Å². The second kappa shape index (κ2) is 10.7. The molecule has 2 heterocycles. The van der Waals surface area contributed by atoms with Crippen LogP contribution in [0.15, 0.2) is 17.1 Å². The number of ether oxygens (including phenoxy) is 2. The van der Waals surface area contributed by atoms with Crippen molar-refractivity contribution in [2.75, 3.05) is 37.4 Å². The number of carbonyl (C=O) groups excluding carboxylic acids is 2. The Morgan fingerprint density at radius 2 is 1.94 bits per heavy atom. The second-order valence-electron chi connectivity index (χ2n) is 8.60. The van der Waals surface area contributed by atoms with Crippen LogP contribution in [0.1, 0.15) is 67.7 Å². The van der Waals surface area contributed by atoms with Crippen LogP contribution in [0.2, 0.25) is 0 Å². The van der Waals surface area contributed by atoms with E-state index in [1.807, 2.05) is 25.8 Å². The average molecular weight is 456 g/mol. The molecule has 0 bridgehead atoms. The summed E-state index contributed by atoms with van der Waals surface area (Å²) in [5.74, 6) is 0.995. The van der Waals surface area contributed by atoms with Gasteiger partial charge in [-0.25, -0.2) is 4.98 Å². The van der Waals surface area contributed by atoms with Gasteiger partial charge in [0.25, 0.3) is 0 Å². The van der Waals surface area contributed by atoms with Crippen molar-refractivity contribution in [2.45, 2.75) is 59.2 Å². The van der Waals surface area contributed by atoms with Crippen molar-refractivity contribution in [3.63, 3.8) is 0 Å². The van der Waals surface area contributed by atoms with Gasteiger partial charge in [-0.05, 0) is 59.1 Å². The predicted octanol–water partition coefficient (Wildman–Crippen LogP) is 3.45. The van der Waals surface area contributed by atoms with Crippen molar-refractivity contribution in [3.8, 4) is 0 Å². The molecule has 0 saturated carbocycles. The van der Waals surface area contributed by atoms with E-state index in [4.69, 9.17) is 15.2 Å². The summed E-state index contributed by atoms with van der Waals surface area (Å²) in [5.41, 5.74) is 7.37. The van der Waals surface area contributed by atoms with Crippen LogP contribution in [0.5, 0.6) is 0 Å². The van der Waals surface area contributed by atoms with E-state index in [1.54, 1.807) is 12.1 Å². The minimum absolute atomic E-state index is 0.0491. The zero-order chi connectivity index (χ0) is 24.1. The molecule has 1 aromatic heterocycles. The lowest BCUT2D eigenvalue weighted by molar-refractivity contribution is 0.0981. The van der Waals surface area contributed by atoms with E-state index < -0.39 is 0 Å². The second-order valence-corrected chi connectivity index (χ2v) is 8.60. The first kappa shape index (κ1) is 24.6. The number of hydrogen-bond donors (Lipinski definition) is 1. The Hall–Kier alpha value is -3.07. The largest absolute Gasteiger partial charge is 0.476 e. The molecule has 1 aliphatic rings. The third-order valence-electron chi connectivity index (χ3n) is 5.43. The van der Waals surface area contributed by atoms with Gasteiger partial charge >= 0.3 is 0 Å². The summed E-state index contributed by atoms with van der Waals surface area (Å²) < 4.78 is 11.6. The molecule has 1 saturated heterocycles. The lowest BCUT2D eigenvalue weighted by Gasteiger charge is -2.19. The van der Waals surface area contributed by atoms with Crippen molar-refractivity contribution >= 4 is 40.1 Å². The van der Waals surface area contributed by atoms with Crippen LogP contribution in [0, 0.1) is 0 Å². The molecule has 33 heavy (non-hydrogen) atoms. The maximum atomic E-state index is 12.0. The Labute approximate surface area is 194 Å². The number of benzene rings is 1. The number of fused-ring (bicyclic) bond motifs is 1. The summed E-state index contributed by atoms with van der Waals surface area (Å²) in [6.45, 7) is 8.80. The van der Waals surface area contributed by atoms with Gasteiger partial charge in [0.15, 0.2) is 11.6 Å². The number of nitrogens with zero attached hydrogens (tertiary/aromatic N) is 4. The van der Waals surface area contributed by atoms with E-state index in [0.29, 0.717) is 47.0 Å². The van der Waals surface area contributed by atoms with Crippen LogP contribution in [-0.2, 0) is 9.47 Å². The monoisotopic (exact) mass is 455 g/mol. The molecule has 178 valence electrons. The number of carbonyl (C=O) groups is 2. The molecule has 3 rings (SSSR count). The molecule has 0 radical (unpaired) electrons. The van der Waals surface area contributed by atoms with Crippen molar-refractivity contribution in [1.29, 1.82) is 0 Å². The highest BCUT2D eigenvalue weighted by molar-refractivity contribution is 6.11. The van der Waals surface area contributed by atoms with Crippen LogP contribution in [0.25, 0.3) is 10.9 Å². The smallest absolute Gasteiger partial charge is 0.227 e. The van der Waals surface area contributed by atoms with Gasteiger partial charge in [0.1, 0.15) is 11.9 Å². The topological polar surface area (TPSA) is 120 Å². The molecule has 0 amide bonds. The highest BCUT2D eigenvalue weighted by atomic mass is 16.5. The Bertz CT molecular complexity index is 1060. The van der Waals surface area contributed by atoms with E-state index in [1.165, 1.54) is 13.8 Å². The molecule has 2 N–H and O–H groups in total. The summed E-state index contributed by atoms with van der Waals surface area (Å²) in [7, 11) is 1.88. The van der Waals surface area contributed by atoms with Gasteiger partial charge in [0.05, 0.1) is 11.6 Å². The number of ketones is 2. The Morgan fingerprint density at radius 3 is 2.55 bits per heavy atom. The number of Topliss-reactive ketones (excluding diaryl/α,β-unsaturated/α-hetero) is 2. The average Bonchev–Trinajstić information content (AvgIpc) is 3.29. The van der Waals surface area contributed by atoms with Gasteiger partial charge < -0.3 is 20.1 Å². The van der Waals surface area contributed by atoms with E-state index in [9.17, 15) is 9.59 Å². The number of anilines is 2. The molecular weight excluding hydrogens is 422 g/mol. The molecule has 1 atom stereocenters. The van der Waals surface area contributed by atoms with Crippen molar-refractivity contribution < 1.29 is 19.1 Å². The van der Waals surface area contributed by atoms with Crippen molar-refractivity contribution in [2.24, 2.45) is 4.99 Å².